The van der Waals surface area contributed by atoms with Crippen LogP contribution in [-0.4, -0.2) is 70.4 Å². The molecule has 0 unspecified atom stereocenters. The van der Waals surface area contributed by atoms with E-state index in [9.17, 15) is 43.9 Å². The van der Waals surface area contributed by atoms with Crippen LogP contribution in [0, 0.1) is 0 Å². The Kier molecular flexibility index (Phi) is 14.6. The van der Waals surface area contributed by atoms with Crippen LogP contribution in [0.5, 0.6) is 0 Å². The molecule has 17 heteroatoms. The van der Waals surface area contributed by atoms with Crippen molar-refractivity contribution < 1.29 is 77.1 Å². The minimum absolute atomic E-state index is 0.0114. The van der Waals surface area contributed by atoms with Crippen molar-refractivity contribution in [2.75, 3.05) is 39.6 Å². The van der Waals surface area contributed by atoms with Gasteiger partial charge in [0, 0.05) is 0 Å². The van der Waals surface area contributed by atoms with Crippen molar-refractivity contribution in [1.82, 2.24) is 0 Å². The first kappa shape index (κ1) is 39.1. The Bertz CT molecular complexity index is 1210. The lowest BCUT2D eigenvalue weighted by molar-refractivity contribution is -0.566. The minimum atomic E-state index is -6.60. The lowest BCUT2D eigenvalue weighted by Crippen LogP contribution is -2.54. The van der Waals surface area contributed by atoms with Gasteiger partial charge in [-0.1, -0.05) is 73.8 Å². The summed E-state index contributed by atoms with van der Waals surface area (Å²) in [6.45, 7) is 1.28. The van der Waals surface area contributed by atoms with Crippen LogP contribution in [0.3, 0.4) is 0 Å². The fraction of sp³-hybridized carbons (Fsp3) is 0.448. The van der Waals surface area contributed by atoms with E-state index in [4.69, 9.17) is 9.47 Å². The van der Waals surface area contributed by atoms with Gasteiger partial charge in [0.15, 0.2) is 0 Å². The lowest BCUT2D eigenvalue weighted by atomic mass is 10.1. The second-order valence-electron chi connectivity index (χ2n) is 9.18. The highest BCUT2D eigenvalue weighted by molar-refractivity contribution is 5.47. The Hall–Kier alpha value is -3.06. The molecule has 0 heterocycles. The quantitative estimate of drug-likeness (QED) is 0.0677. The molecule has 0 N–H and O–H groups in total. The molecule has 258 valence electrons. The van der Waals surface area contributed by atoms with Crippen molar-refractivity contribution in [2.45, 2.75) is 43.9 Å². The summed E-state index contributed by atoms with van der Waals surface area (Å²) in [5.41, 5.74) is 3.02. The molecule has 0 saturated carbocycles. The van der Waals surface area contributed by atoms with Crippen LogP contribution >= 0.6 is 0 Å². The van der Waals surface area contributed by atoms with E-state index in [1.165, 1.54) is 0 Å². The molecule has 0 radical (unpaired) electrons. The molecule has 7 nitrogen and oxygen atoms in total. The second kappa shape index (κ2) is 17.2. The highest BCUT2D eigenvalue weighted by atomic mass is 19.3. The van der Waals surface area contributed by atoms with Crippen LogP contribution in [0.2, 0.25) is 0 Å². The van der Waals surface area contributed by atoms with Crippen molar-refractivity contribution >= 4 is 12.2 Å². The van der Waals surface area contributed by atoms with Crippen LogP contribution in [-0.2, 0) is 46.4 Å². The van der Waals surface area contributed by atoms with E-state index in [2.05, 4.69) is 36.8 Å². The molecule has 2 aromatic carbocycles. The van der Waals surface area contributed by atoms with Gasteiger partial charge in [-0.3, -0.25) is 0 Å². The summed E-state index contributed by atoms with van der Waals surface area (Å²) in [6, 6.07) is 13.6. The standard InChI is InChI=1S/C29H30F10O7/c1-3-21-5-9-23(10-6-21)17-40-13-15-42-19-25(30,31)44-27(34,35)28(36,37)46-29(38,39)45-26(32,33)20-43-16-14-41-18-24-11-7-22(4-2)8-12-24/h3-12H,1-2,13-20H2. The first-order valence-electron chi connectivity index (χ1n) is 13.1. The Morgan fingerprint density at radius 3 is 1.22 bits per heavy atom. The molecule has 0 aromatic heterocycles. The maximum absolute atomic E-state index is 13.7. The van der Waals surface area contributed by atoms with Gasteiger partial charge in [0.05, 0.1) is 39.6 Å². The summed E-state index contributed by atoms with van der Waals surface area (Å²) in [4.78, 5) is 0. The number of rotatable bonds is 23. The van der Waals surface area contributed by atoms with Crippen LogP contribution < -0.4 is 0 Å². The molecule has 46 heavy (non-hydrogen) atoms. The van der Waals surface area contributed by atoms with Crippen LogP contribution in [0.15, 0.2) is 61.7 Å². The molecule has 0 atom stereocenters. The van der Waals surface area contributed by atoms with Crippen molar-refractivity contribution in [3.63, 3.8) is 0 Å². The summed E-state index contributed by atoms with van der Waals surface area (Å²) in [5, 5.41) is 0. The van der Waals surface area contributed by atoms with E-state index >= 15 is 0 Å². The first-order chi connectivity index (χ1) is 21.4. The van der Waals surface area contributed by atoms with Crippen molar-refractivity contribution in [3.8, 4) is 0 Å². The number of halogens is 10. The predicted octanol–water partition coefficient (Wildman–Crippen LogP) is 7.71. The number of hydrogen-bond acceptors (Lipinski definition) is 7. The van der Waals surface area contributed by atoms with E-state index in [1.807, 2.05) is 0 Å². The summed E-state index contributed by atoms with van der Waals surface area (Å²) in [5.74, 6) is 0. The average molecular weight is 681 g/mol. The molecule has 0 aliphatic heterocycles. The highest BCUT2D eigenvalue weighted by Gasteiger charge is 2.68. The largest absolute Gasteiger partial charge is 0.495 e. The SMILES string of the molecule is C=Cc1ccc(COCCOCC(F)(F)OC(F)(F)OC(F)(F)C(F)(F)OC(F)(F)COCCOCc2ccc(C=C)cc2)cc1. The van der Waals surface area contributed by atoms with E-state index in [-0.39, 0.29) is 26.4 Å². The molecule has 0 amide bonds. The van der Waals surface area contributed by atoms with Gasteiger partial charge in [-0.25, -0.2) is 14.2 Å². The molecule has 2 aromatic rings. The number of alkyl halides is 10. The van der Waals surface area contributed by atoms with Gasteiger partial charge in [0.25, 0.3) is 0 Å². The topological polar surface area (TPSA) is 64.6 Å². The third-order valence-corrected chi connectivity index (χ3v) is 5.38. The van der Waals surface area contributed by atoms with E-state index < -0.39 is 57.2 Å². The molecular weight excluding hydrogens is 650 g/mol. The molecule has 2 rings (SSSR count). The monoisotopic (exact) mass is 680 g/mol. The molecule has 0 bridgehead atoms. The number of benzene rings is 2. The summed E-state index contributed by atoms with van der Waals surface area (Å²) < 4.78 is 164. The lowest BCUT2D eigenvalue weighted by Gasteiger charge is -2.31. The Balaban J connectivity index is 1.73. The first-order valence-corrected chi connectivity index (χ1v) is 13.1. The van der Waals surface area contributed by atoms with Crippen molar-refractivity contribution in [2.24, 2.45) is 0 Å². The maximum atomic E-state index is 13.7. The summed E-state index contributed by atoms with van der Waals surface area (Å²) in [7, 11) is 0. The van der Waals surface area contributed by atoms with E-state index in [0.29, 0.717) is 11.1 Å². The predicted molar refractivity (Wildman–Crippen MR) is 142 cm³/mol. The Labute approximate surface area is 257 Å². The molecule has 0 spiro atoms. The van der Waals surface area contributed by atoms with Crippen LogP contribution in [0.4, 0.5) is 43.9 Å². The van der Waals surface area contributed by atoms with Gasteiger partial charge >= 0.3 is 30.7 Å². The Morgan fingerprint density at radius 1 is 0.478 bits per heavy atom. The minimum Gasteiger partial charge on any atom is -0.374 e. The summed E-state index contributed by atoms with van der Waals surface area (Å²) >= 11 is 0. The molecule has 0 saturated heterocycles. The van der Waals surface area contributed by atoms with E-state index in [0.717, 1.165) is 11.1 Å². The summed E-state index contributed by atoms with van der Waals surface area (Å²) in [6.07, 6.45) is -26.3. The fourth-order valence-electron chi connectivity index (χ4n) is 3.21. The van der Waals surface area contributed by atoms with Gasteiger partial charge in [0.1, 0.15) is 13.2 Å². The van der Waals surface area contributed by atoms with Gasteiger partial charge in [0.2, 0.25) is 0 Å². The van der Waals surface area contributed by atoms with Crippen LogP contribution in [0.25, 0.3) is 12.2 Å². The third kappa shape index (κ3) is 14.1. The Morgan fingerprint density at radius 2 is 0.826 bits per heavy atom. The molecule has 0 aliphatic rings. The van der Waals surface area contributed by atoms with E-state index in [1.54, 1.807) is 60.7 Å². The molecule has 0 fully saturated rings. The number of hydrogen-bond donors (Lipinski definition) is 0. The van der Waals surface area contributed by atoms with Crippen LogP contribution in [0.1, 0.15) is 22.3 Å². The molecular formula is C29H30F10O7. The maximum Gasteiger partial charge on any atom is 0.495 e. The smallest absolute Gasteiger partial charge is 0.374 e. The normalized spacial score (nSPS) is 13.2. The zero-order chi connectivity index (χ0) is 34.5. The second-order valence-corrected chi connectivity index (χ2v) is 9.18. The third-order valence-electron chi connectivity index (χ3n) is 5.38. The van der Waals surface area contributed by atoms with Crippen molar-refractivity contribution in [1.29, 1.82) is 0 Å². The average Bonchev–Trinajstić information content (AvgIpc) is 2.95. The fourth-order valence-corrected chi connectivity index (χ4v) is 3.21. The van der Waals surface area contributed by atoms with Gasteiger partial charge in [-0.15, -0.1) is 8.78 Å². The highest BCUT2D eigenvalue weighted by Crippen LogP contribution is 2.44. The zero-order valence-electron chi connectivity index (χ0n) is 24.0. The zero-order valence-corrected chi connectivity index (χ0v) is 24.0. The van der Waals surface area contributed by atoms with Gasteiger partial charge in [-0.05, 0) is 22.3 Å². The van der Waals surface area contributed by atoms with Crippen molar-refractivity contribution in [3.05, 3.63) is 83.9 Å². The van der Waals surface area contributed by atoms with Gasteiger partial charge in [-0.2, -0.15) is 35.1 Å². The van der Waals surface area contributed by atoms with Gasteiger partial charge < -0.3 is 18.9 Å². The number of ether oxygens (including phenoxy) is 7. The molecule has 0 aliphatic carbocycles.